The Morgan fingerprint density at radius 3 is 2.73 bits per heavy atom. The lowest BCUT2D eigenvalue weighted by atomic mass is 9.82. The Balaban J connectivity index is 1.54. The van der Waals surface area contributed by atoms with E-state index in [4.69, 9.17) is 9.94 Å². The minimum atomic E-state index is 0.0127. The lowest BCUT2D eigenvalue weighted by Gasteiger charge is -2.22. The van der Waals surface area contributed by atoms with Crippen molar-refractivity contribution >= 4 is 44.8 Å². The molecule has 41 heavy (non-hydrogen) atoms. The molecule has 0 fully saturated rings. The zero-order valence-corrected chi connectivity index (χ0v) is 25.1. The molecule has 1 aliphatic carbocycles. The van der Waals surface area contributed by atoms with Gasteiger partial charge in [0.05, 0.1) is 21.7 Å². The molecule has 0 bridgehead atoms. The molecule has 210 valence electrons. The van der Waals surface area contributed by atoms with Crippen LogP contribution in [0, 0.1) is 11.8 Å². The van der Waals surface area contributed by atoms with Gasteiger partial charge in [-0.25, -0.2) is 0 Å². The highest BCUT2D eigenvalue weighted by Crippen LogP contribution is 2.47. The summed E-state index contributed by atoms with van der Waals surface area (Å²) in [6.45, 7) is 10.8. The van der Waals surface area contributed by atoms with Crippen molar-refractivity contribution in [1.29, 1.82) is 0 Å². The van der Waals surface area contributed by atoms with Gasteiger partial charge in [0.1, 0.15) is 12.3 Å². The number of amides is 1. The van der Waals surface area contributed by atoms with Crippen molar-refractivity contribution < 1.29 is 9.63 Å². The number of rotatable bonds is 7. The summed E-state index contributed by atoms with van der Waals surface area (Å²) in [5, 5.41) is 17.0. The van der Waals surface area contributed by atoms with Crippen molar-refractivity contribution in [3.05, 3.63) is 74.7 Å². The van der Waals surface area contributed by atoms with Gasteiger partial charge in [0.25, 0.3) is 5.91 Å². The second-order valence-electron chi connectivity index (χ2n) is 12.1. The normalized spacial score (nSPS) is 14.7. The van der Waals surface area contributed by atoms with Crippen LogP contribution in [0.2, 0.25) is 0 Å². The number of thiophene rings is 1. The van der Waals surface area contributed by atoms with Crippen molar-refractivity contribution in [3.8, 4) is 11.1 Å². The van der Waals surface area contributed by atoms with Crippen LogP contribution in [-0.2, 0) is 37.8 Å². The molecule has 7 rings (SSSR count). The molecule has 1 N–H and O–H groups in total. The number of fused-ring (bicyclic) bond motifs is 10. The van der Waals surface area contributed by atoms with Crippen LogP contribution < -0.4 is 5.32 Å². The van der Waals surface area contributed by atoms with E-state index in [1.807, 2.05) is 17.8 Å². The molecule has 5 aromatic rings. The number of nitrogens with one attached hydrogen (secondary N) is 1. The molecule has 0 saturated carbocycles. The summed E-state index contributed by atoms with van der Waals surface area (Å²) in [5.41, 5.74) is 10.7. The van der Waals surface area contributed by atoms with Gasteiger partial charge in [0.15, 0.2) is 0 Å². The maximum absolute atomic E-state index is 13.4. The molecule has 2 aliphatic rings. The molecule has 3 aromatic heterocycles. The molecule has 4 heterocycles. The Hall–Kier alpha value is -3.91. The summed E-state index contributed by atoms with van der Waals surface area (Å²) in [6, 6.07) is 10.8. The van der Waals surface area contributed by atoms with Gasteiger partial charge in [-0.3, -0.25) is 9.48 Å². The van der Waals surface area contributed by atoms with Crippen molar-refractivity contribution in [2.45, 2.75) is 53.6 Å². The van der Waals surface area contributed by atoms with Crippen molar-refractivity contribution in [1.82, 2.24) is 19.7 Å². The first-order valence-electron chi connectivity index (χ1n) is 14.5. The van der Waals surface area contributed by atoms with E-state index in [9.17, 15) is 4.79 Å². The van der Waals surface area contributed by atoms with Crippen LogP contribution in [0.1, 0.15) is 65.3 Å². The molecule has 8 heteroatoms. The van der Waals surface area contributed by atoms with Gasteiger partial charge in [-0.2, -0.15) is 5.10 Å². The summed E-state index contributed by atoms with van der Waals surface area (Å²) in [5.74, 6) is 0.861. The van der Waals surface area contributed by atoms with Gasteiger partial charge >= 0.3 is 0 Å². The standard InChI is InChI=1S/C33H35N5O2S/c1-18(2)15-38-26-11-8-20(31(27-7-6-12-41-27)36-40-17-19(3)4)13-22(26)29-23-14-34-33(39)30(23)28-21(32(29)38)9-10-25-24(28)16-37(5)35-25/h6-8,11-13,16,18-19H,9-10,14-15,17H2,1-5H3,(H,34,39). The lowest BCUT2D eigenvalue weighted by Crippen LogP contribution is -2.15. The Labute approximate surface area is 243 Å². The summed E-state index contributed by atoms with van der Waals surface area (Å²) in [6.07, 6.45) is 3.82. The van der Waals surface area contributed by atoms with E-state index in [1.165, 1.54) is 27.4 Å². The van der Waals surface area contributed by atoms with Crippen LogP contribution in [0.3, 0.4) is 0 Å². The number of aromatic nitrogens is 3. The largest absolute Gasteiger partial charge is 0.395 e. The fourth-order valence-electron chi connectivity index (χ4n) is 6.52. The van der Waals surface area contributed by atoms with Crippen LogP contribution in [0.25, 0.3) is 32.9 Å². The van der Waals surface area contributed by atoms with Crippen molar-refractivity contribution in [2.75, 3.05) is 6.61 Å². The lowest BCUT2D eigenvalue weighted by molar-refractivity contribution is 0.0966. The van der Waals surface area contributed by atoms with E-state index >= 15 is 0 Å². The number of aryl methyl sites for hydroxylation is 3. The molecule has 7 nitrogen and oxygen atoms in total. The third kappa shape index (κ3) is 4.19. The second kappa shape index (κ2) is 9.87. The maximum Gasteiger partial charge on any atom is 0.252 e. The molecular formula is C33H35N5O2S. The highest BCUT2D eigenvalue weighted by Gasteiger charge is 2.35. The minimum absolute atomic E-state index is 0.0127. The number of nitrogens with zero attached hydrogens (tertiary/aromatic N) is 4. The smallest absolute Gasteiger partial charge is 0.252 e. The molecular weight excluding hydrogens is 530 g/mol. The first kappa shape index (κ1) is 26.0. The van der Waals surface area contributed by atoms with E-state index in [0.29, 0.717) is 25.0 Å². The van der Waals surface area contributed by atoms with Gasteiger partial charge in [0.2, 0.25) is 0 Å². The monoisotopic (exact) mass is 565 g/mol. The van der Waals surface area contributed by atoms with Crippen molar-refractivity contribution in [2.24, 2.45) is 24.0 Å². The van der Waals surface area contributed by atoms with Gasteiger partial charge in [-0.15, -0.1) is 11.3 Å². The van der Waals surface area contributed by atoms with E-state index in [2.05, 4.69) is 78.6 Å². The first-order valence-corrected chi connectivity index (χ1v) is 15.4. The Kier molecular flexibility index (Phi) is 6.27. The highest BCUT2D eigenvalue weighted by molar-refractivity contribution is 7.12. The van der Waals surface area contributed by atoms with Crippen LogP contribution in [0.15, 0.2) is 47.1 Å². The molecule has 0 radical (unpaired) electrons. The fourth-order valence-corrected chi connectivity index (χ4v) is 7.25. The minimum Gasteiger partial charge on any atom is -0.395 e. The topological polar surface area (TPSA) is 73.4 Å². The third-order valence-corrected chi connectivity index (χ3v) is 8.96. The molecule has 2 aromatic carbocycles. The van der Waals surface area contributed by atoms with Crippen LogP contribution in [0.5, 0.6) is 0 Å². The molecule has 0 saturated heterocycles. The number of carbonyl (C=O) groups is 1. The molecule has 1 amide bonds. The van der Waals surface area contributed by atoms with Crippen molar-refractivity contribution in [3.63, 3.8) is 0 Å². The average Bonchev–Trinajstić information content (AvgIpc) is 3.72. The number of hydrogen-bond acceptors (Lipinski definition) is 5. The summed E-state index contributed by atoms with van der Waals surface area (Å²) in [4.78, 5) is 20.3. The molecule has 0 spiro atoms. The highest BCUT2D eigenvalue weighted by atomic mass is 32.1. The predicted molar refractivity (Wildman–Crippen MR) is 166 cm³/mol. The van der Waals surface area contributed by atoms with E-state index in [-0.39, 0.29) is 5.91 Å². The Morgan fingerprint density at radius 1 is 1.12 bits per heavy atom. The third-order valence-electron chi connectivity index (χ3n) is 8.08. The first-order chi connectivity index (χ1) is 19.8. The van der Waals surface area contributed by atoms with Gasteiger partial charge in [-0.05, 0) is 59.4 Å². The predicted octanol–water partition coefficient (Wildman–Crippen LogP) is 6.68. The summed E-state index contributed by atoms with van der Waals surface area (Å²) in [7, 11) is 1.96. The second-order valence-corrected chi connectivity index (χ2v) is 13.1. The fraction of sp³-hybridized carbons (Fsp3) is 0.364. The van der Waals surface area contributed by atoms with Gasteiger partial charge < -0.3 is 14.7 Å². The van der Waals surface area contributed by atoms with E-state index in [1.54, 1.807) is 11.3 Å². The van der Waals surface area contributed by atoms with E-state index < -0.39 is 0 Å². The number of hydrogen-bond donors (Lipinski definition) is 1. The Morgan fingerprint density at radius 2 is 1.98 bits per heavy atom. The number of carbonyl (C=O) groups excluding carboxylic acids is 1. The summed E-state index contributed by atoms with van der Waals surface area (Å²) >= 11 is 1.66. The summed E-state index contributed by atoms with van der Waals surface area (Å²) < 4.78 is 4.38. The zero-order chi connectivity index (χ0) is 28.4. The number of oxime groups is 1. The van der Waals surface area contributed by atoms with Crippen LogP contribution in [-0.4, -0.2) is 32.6 Å². The maximum atomic E-state index is 13.4. The average molecular weight is 566 g/mol. The van der Waals surface area contributed by atoms with Gasteiger partial charge in [-0.1, -0.05) is 45.0 Å². The Bertz CT molecular complexity index is 1860. The molecule has 0 atom stereocenters. The van der Waals surface area contributed by atoms with Crippen LogP contribution >= 0.6 is 11.3 Å². The quantitative estimate of drug-likeness (QED) is 0.177. The van der Waals surface area contributed by atoms with Gasteiger partial charge in [0, 0.05) is 59.3 Å². The van der Waals surface area contributed by atoms with Crippen LogP contribution in [0.4, 0.5) is 0 Å². The molecule has 1 aliphatic heterocycles. The number of benzene rings is 2. The van der Waals surface area contributed by atoms with E-state index in [0.717, 1.165) is 63.5 Å². The zero-order valence-electron chi connectivity index (χ0n) is 24.2. The SMILES string of the molecule is CC(C)CON=C(c1ccc2c(c1)c1c3c(c4c(c1n2CC(C)C)CCc1nn(C)cc1-4)C(=O)NC3)c1cccs1. The molecule has 0 unspecified atom stereocenters.